The molecule has 0 radical (unpaired) electrons. The Kier molecular flexibility index (Phi) is 3.87. The molecular weight excluding hydrogens is 302 g/mol. The summed E-state index contributed by atoms with van der Waals surface area (Å²) < 4.78 is 1.27. The fourth-order valence-corrected chi connectivity index (χ4v) is 3.73. The average Bonchev–Trinajstić information content (AvgIpc) is 2.48. The van der Waals surface area contributed by atoms with Crippen LogP contribution in [0.4, 0.5) is 0 Å². The van der Waals surface area contributed by atoms with Gasteiger partial charge in [0.15, 0.2) is 0 Å². The second kappa shape index (κ2) is 5.61. The molecule has 0 atom stereocenters. The largest absolute Gasteiger partial charge is 0.302 e. The van der Waals surface area contributed by atoms with Crippen molar-refractivity contribution in [3.63, 3.8) is 0 Å². The summed E-state index contributed by atoms with van der Waals surface area (Å²) in [5.41, 5.74) is 1.44. The van der Waals surface area contributed by atoms with Gasteiger partial charge in [0, 0.05) is 17.6 Å². The maximum absolute atomic E-state index is 5.30. The van der Waals surface area contributed by atoms with E-state index < -0.39 is 0 Å². The van der Waals surface area contributed by atoms with Gasteiger partial charge < -0.3 is 4.84 Å². The molecule has 0 N–H and O–H groups in total. The Bertz CT molecular complexity index is 576. The third-order valence-corrected chi connectivity index (χ3v) is 4.93. The van der Waals surface area contributed by atoms with Crippen molar-refractivity contribution in [1.82, 2.24) is 5.06 Å². The molecule has 0 saturated carbocycles. The molecule has 2 aromatic rings. The first-order chi connectivity index (χ1) is 9.29. The third kappa shape index (κ3) is 2.55. The standard InChI is InChI=1S/C16H18BrNO/c1-19-18-10-8-13(9-11-18)15-7-6-12-4-2-3-5-14(12)16(15)17/h2-7,13H,8-11H2,1H3. The first-order valence-corrected chi connectivity index (χ1v) is 7.55. The molecule has 0 aromatic heterocycles. The molecule has 3 rings (SSSR count). The van der Waals surface area contributed by atoms with Gasteiger partial charge in [0.25, 0.3) is 0 Å². The van der Waals surface area contributed by atoms with E-state index in [0.717, 1.165) is 25.9 Å². The maximum atomic E-state index is 5.30. The van der Waals surface area contributed by atoms with Crippen LogP contribution in [0, 0.1) is 0 Å². The molecule has 100 valence electrons. The first kappa shape index (κ1) is 13.1. The number of piperidine rings is 1. The van der Waals surface area contributed by atoms with Crippen LogP contribution in [0.1, 0.15) is 24.3 Å². The zero-order valence-corrected chi connectivity index (χ0v) is 12.7. The molecule has 3 heteroatoms. The summed E-state index contributed by atoms with van der Waals surface area (Å²) in [6, 6.07) is 13.1. The van der Waals surface area contributed by atoms with Gasteiger partial charge in [-0.3, -0.25) is 0 Å². The summed E-state index contributed by atoms with van der Waals surface area (Å²) in [4.78, 5) is 5.30. The SMILES string of the molecule is CON1CCC(c2ccc3ccccc3c2Br)CC1. The number of hydrogen-bond acceptors (Lipinski definition) is 2. The van der Waals surface area contributed by atoms with Gasteiger partial charge in [0.05, 0.1) is 7.11 Å². The second-order valence-electron chi connectivity index (χ2n) is 5.08. The molecule has 0 spiro atoms. The minimum atomic E-state index is 0.630. The normalized spacial score (nSPS) is 18.0. The van der Waals surface area contributed by atoms with Crippen molar-refractivity contribution in [2.45, 2.75) is 18.8 Å². The van der Waals surface area contributed by atoms with Crippen molar-refractivity contribution in [1.29, 1.82) is 0 Å². The van der Waals surface area contributed by atoms with Crippen LogP contribution in [0.2, 0.25) is 0 Å². The van der Waals surface area contributed by atoms with Crippen LogP contribution in [0.15, 0.2) is 40.9 Å². The van der Waals surface area contributed by atoms with E-state index in [1.165, 1.54) is 20.8 Å². The van der Waals surface area contributed by atoms with Crippen molar-refractivity contribution in [2.75, 3.05) is 20.2 Å². The molecule has 1 fully saturated rings. The van der Waals surface area contributed by atoms with Crippen LogP contribution in [0.3, 0.4) is 0 Å². The summed E-state index contributed by atoms with van der Waals surface area (Å²) in [5, 5.41) is 4.66. The zero-order valence-electron chi connectivity index (χ0n) is 11.1. The van der Waals surface area contributed by atoms with Crippen LogP contribution in [-0.2, 0) is 4.84 Å². The highest BCUT2D eigenvalue weighted by atomic mass is 79.9. The van der Waals surface area contributed by atoms with Gasteiger partial charge >= 0.3 is 0 Å². The number of benzene rings is 2. The van der Waals surface area contributed by atoms with E-state index in [1.54, 1.807) is 7.11 Å². The predicted molar refractivity (Wildman–Crippen MR) is 82.2 cm³/mol. The Labute approximate surface area is 122 Å². The lowest BCUT2D eigenvalue weighted by molar-refractivity contribution is -0.143. The number of fused-ring (bicyclic) bond motifs is 1. The molecule has 1 aliphatic heterocycles. The van der Waals surface area contributed by atoms with E-state index in [2.05, 4.69) is 52.3 Å². The fraction of sp³-hybridized carbons (Fsp3) is 0.375. The molecule has 2 nitrogen and oxygen atoms in total. The average molecular weight is 320 g/mol. The van der Waals surface area contributed by atoms with Crippen LogP contribution < -0.4 is 0 Å². The van der Waals surface area contributed by atoms with Crippen molar-refractivity contribution in [2.24, 2.45) is 0 Å². The first-order valence-electron chi connectivity index (χ1n) is 6.76. The molecule has 0 unspecified atom stereocenters. The van der Waals surface area contributed by atoms with Crippen molar-refractivity contribution < 1.29 is 4.84 Å². The Morgan fingerprint density at radius 2 is 1.84 bits per heavy atom. The van der Waals surface area contributed by atoms with Crippen molar-refractivity contribution in [3.05, 3.63) is 46.4 Å². The van der Waals surface area contributed by atoms with Crippen LogP contribution in [0.5, 0.6) is 0 Å². The van der Waals surface area contributed by atoms with E-state index in [4.69, 9.17) is 4.84 Å². The Hall–Kier alpha value is -0.900. The van der Waals surface area contributed by atoms with Gasteiger partial charge in [-0.2, -0.15) is 5.06 Å². The van der Waals surface area contributed by atoms with Gasteiger partial charge in [-0.1, -0.05) is 36.4 Å². The Morgan fingerprint density at radius 1 is 1.11 bits per heavy atom. The number of nitrogens with zero attached hydrogens (tertiary/aromatic N) is 1. The molecule has 1 heterocycles. The Balaban J connectivity index is 1.91. The number of hydroxylamine groups is 2. The monoisotopic (exact) mass is 319 g/mol. The summed E-state index contributed by atoms with van der Waals surface area (Å²) in [6.07, 6.45) is 2.32. The molecule has 0 bridgehead atoms. The highest BCUT2D eigenvalue weighted by Gasteiger charge is 2.22. The maximum Gasteiger partial charge on any atom is 0.0575 e. The number of rotatable bonds is 2. The molecule has 0 aliphatic carbocycles. The quantitative estimate of drug-likeness (QED) is 0.816. The zero-order chi connectivity index (χ0) is 13.2. The van der Waals surface area contributed by atoms with Gasteiger partial charge in [-0.25, -0.2) is 0 Å². The number of halogens is 1. The summed E-state index contributed by atoms with van der Waals surface area (Å²) in [7, 11) is 1.76. The van der Waals surface area contributed by atoms with Crippen molar-refractivity contribution in [3.8, 4) is 0 Å². The predicted octanol–water partition coefficient (Wildman–Crippen LogP) is 4.34. The van der Waals surface area contributed by atoms with E-state index >= 15 is 0 Å². The molecule has 19 heavy (non-hydrogen) atoms. The van der Waals surface area contributed by atoms with Crippen LogP contribution >= 0.6 is 15.9 Å². The molecule has 1 aliphatic rings. The highest BCUT2D eigenvalue weighted by Crippen LogP contribution is 2.36. The third-order valence-electron chi connectivity index (χ3n) is 4.05. The molecule has 0 amide bonds. The summed E-state index contributed by atoms with van der Waals surface area (Å²) >= 11 is 3.80. The number of hydrogen-bond donors (Lipinski definition) is 0. The molecule has 1 saturated heterocycles. The van der Waals surface area contributed by atoms with Gasteiger partial charge in [-0.15, -0.1) is 0 Å². The minimum Gasteiger partial charge on any atom is -0.302 e. The van der Waals surface area contributed by atoms with E-state index in [-0.39, 0.29) is 0 Å². The topological polar surface area (TPSA) is 12.5 Å². The van der Waals surface area contributed by atoms with Crippen LogP contribution in [0.25, 0.3) is 10.8 Å². The van der Waals surface area contributed by atoms with Crippen LogP contribution in [-0.4, -0.2) is 25.3 Å². The Morgan fingerprint density at radius 3 is 2.58 bits per heavy atom. The van der Waals surface area contributed by atoms with E-state index in [9.17, 15) is 0 Å². The minimum absolute atomic E-state index is 0.630. The van der Waals surface area contributed by atoms with E-state index in [1.807, 2.05) is 5.06 Å². The smallest absolute Gasteiger partial charge is 0.0575 e. The highest BCUT2D eigenvalue weighted by molar-refractivity contribution is 9.10. The van der Waals surface area contributed by atoms with Gasteiger partial charge in [-0.05, 0) is 51.0 Å². The second-order valence-corrected chi connectivity index (χ2v) is 5.87. The van der Waals surface area contributed by atoms with E-state index in [0.29, 0.717) is 5.92 Å². The molecular formula is C16H18BrNO. The lowest BCUT2D eigenvalue weighted by Crippen LogP contribution is -2.32. The van der Waals surface area contributed by atoms with Crippen molar-refractivity contribution >= 4 is 26.7 Å². The lowest BCUT2D eigenvalue weighted by atomic mass is 9.89. The van der Waals surface area contributed by atoms with Gasteiger partial charge in [0.2, 0.25) is 0 Å². The van der Waals surface area contributed by atoms with Gasteiger partial charge in [0.1, 0.15) is 0 Å². The fourth-order valence-electron chi connectivity index (χ4n) is 2.92. The summed E-state index contributed by atoms with van der Waals surface area (Å²) in [6.45, 7) is 2.03. The molecule has 2 aromatic carbocycles. The lowest BCUT2D eigenvalue weighted by Gasteiger charge is -2.30. The summed E-state index contributed by atoms with van der Waals surface area (Å²) in [5.74, 6) is 0.630.